The van der Waals surface area contributed by atoms with Crippen LogP contribution in [0.4, 0.5) is 0 Å². The van der Waals surface area contributed by atoms with Crippen molar-refractivity contribution in [2.24, 2.45) is 4.99 Å². The van der Waals surface area contributed by atoms with Crippen molar-refractivity contribution >= 4 is 22.8 Å². The first-order chi connectivity index (χ1) is 8.61. The van der Waals surface area contributed by atoms with Crippen molar-refractivity contribution in [2.75, 3.05) is 6.61 Å². The standard InChI is InChI=1S/C13H15NO3S/c1-3-17-13(16)11-8(2)14-12(18-11)9-4-6-10(15)7-5-9/h4-8,11,15H,3H2,1-2H3. The number of ether oxygens (including phenoxy) is 1. The summed E-state index contributed by atoms with van der Waals surface area (Å²) in [6, 6.07) is 6.72. The highest BCUT2D eigenvalue weighted by Crippen LogP contribution is 2.31. The van der Waals surface area contributed by atoms with Crippen LogP contribution < -0.4 is 0 Å². The predicted octanol–water partition coefficient (Wildman–Crippen LogP) is 2.21. The van der Waals surface area contributed by atoms with Gasteiger partial charge in [0.15, 0.2) is 0 Å². The van der Waals surface area contributed by atoms with Crippen LogP contribution in [0.25, 0.3) is 0 Å². The Morgan fingerprint density at radius 2 is 2.11 bits per heavy atom. The molecule has 2 unspecified atom stereocenters. The Bertz CT molecular complexity index is 470. The zero-order valence-electron chi connectivity index (χ0n) is 10.3. The average molecular weight is 265 g/mol. The van der Waals surface area contributed by atoms with Crippen LogP contribution in [0.3, 0.4) is 0 Å². The molecule has 0 spiro atoms. The molecule has 1 aromatic carbocycles. The number of phenols is 1. The molecule has 1 aliphatic rings. The minimum atomic E-state index is -0.270. The van der Waals surface area contributed by atoms with E-state index < -0.39 is 0 Å². The smallest absolute Gasteiger partial charge is 0.321 e. The lowest BCUT2D eigenvalue weighted by Gasteiger charge is -2.11. The SMILES string of the molecule is CCOC(=O)C1SC(c2ccc(O)cc2)=NC1C. The molecule has 0 bridgehead atoms. The highest BCUT2D eigenvalue weighted by Gasteiger charge is 2.34. The van der Waals surface area contributed by atoms with Gasteiger partial charge in [-0.1, -0.05) is 11.8 Å². The van der Waals surface area contributed by atoms with Crippen molar-refractivity contribution < 1.29 is 14.6 Å². The Balaban J connectivity index is 2.11. The predicted molar refractivity (Wildman–Crippen MR) is 72.1 cm³/mol. The van der Waals surface area contributed by atoms with Crippen molar-refractivity contribution in [1.29, 1.82) is 0 Å². The molecule has 0 saturated carbocycles. The van der Waals surface area contributed by atoms with Gasteiger partial charge in [0.25, 0.3) is 0 Å². The van der Waals surface area contributed by atoms with Crippen LogP contribution in [0.2, 0.25) is 0 Å². The average Bonchev–Trinajstić information content (AvgIpc) is 2.72. The Morgan fingerprint density at radius 1 is 1.44 bits per heavy atom. The zero-order valence-corrected chi connectivity index (χ0v) is 11.1. The second-order valence-electron chi connectivity index (χ2n) is 4.01. The lowest BCUT2D eigenvalue weighted by Crippen LogP contribution is -2.26. The quantitative estimate of drug-likeness (QED) is 0.851. The Labute approximate surface area is 110 Å². The topological polar surface area (TPSA) is 58.9 Å². The molecule has 1 aromatic rings. The van der Waals surface area contributed by atoms with Crippen LogP contribution in [0.1, 0.15) is 19.4 Å². The third-order valence-electron chi connectivity index (χ3n) is 2.63. The van der Waals surface area contributed by atoms with E-state index in [1.54, 1.807) is 31.2 Å². The number of aromatic hydroxyl groups is 1. The van der Waals surface area contributed by atoms with Crippen LogP contribution in [0, 0.1) is 0 Å². The van der Waals surface area contributed by atoms with E-state index in [0.29, 0.717) is 6.61 Å². The number of rotatable bonds is 3. The number of phenolic OH excluding ortho intramolecular Hbond substituents is 1. The summed E-state index contributed by atoms with van der Waals surface area (Å²) in [5.74, 6) is 0.00451. The summed E-state index contributed by atoms with van der Waals surface area (Å²) in [5.41, 5.74) is 0.913. The van der Waals surface area contributed by atoms with Crippen LogP contribution in [0.5, 0.6) is 5.75 Å². The van der Waals surface area contributed by atoms with Gasteiger partial charge in [-0.15, -0.1) is 0 Å². The molecule has 1 N–H and O–H groups in total. The molecule has 0 fully saturated rings. The molecular weight excluding hydrogens is 250 g/mol. The summed E-state index contributed by atoms with van der Waals surface area (Å²) in [5, 5.41) is 9.79. The van der Waals surface area contributed by atoms with Gasteiger partial charge in [0.1, 0.15) is 11.0 Å². The first kappa shape index (κ1) is 13.0. The normalized spacial score (nSPS) is 22.7. The molecular formula is C13H15NO3S. The summed E-state index contributed by atoms with van der Waals surface area (Å²) in [7, 11) is 0. The molecule has 0 aromatic heterocycles. The van der Waals surface area contributed by atoms with E-state index in [1.807, 2.05) is 6.92 Å². The van der Waals surface area contributed by atoms with Gasteiger partial charge in [0.2, 0.25) is 0 Å². The number of esters is 1. The number of hydrogen-bond donors (Lipinski definition) is 1. The summed E-state index contributed by atoms with van der Waals surface area (Å²) < 4.78 is 5.03. The molecule has 96 valence electrons. The van der Waals surface area contributed by atoms with Gasteiger partial charge in [-0.25, -0.2) is 0 Å². The molecule has 2 atom stereocenters. The molecule has 0 saturated heterocycles. The van der Waals surface area contributed by atoms with Crippen LogP contribution in [-0.4, -0.2) is 34.0 Å². The lowest BCUT2D eigenvalue weighted by molar-refractivity contribution is -0.142. The maximum absolute atomic E-state index is 11.7. The fourth-order valence-electron chi connectivity index (χ4n) is 1.72. The summed E-state index contributed by atoms with van der Waals surface area (Å²) in [6.07, 6.45) is 0. The Morgan fingerprint density at radius 3 is 2.72 bits per heavy atom. The largest absolute Gasteiger partial charge is 0.508 e. The highest BCUT2D eigenvalue weighted by atomic mass is 32.2. The first-order valence-electron chi connectivity index (χ1n) is 5.82. The minimum Gasteiger partial charge on any atom is -0.508 e. The molecule has 1 heterocycles. The van der Waals surface area contributed by atoms with Gasteiger partial charge in [-0.2, -0.15) is 0 Å². The minimum absolute atomic E-state index is 0.0853. The van der Waals surface area contributed by atoms with Crippen LogP contribution in [0.15, 0.2) is 29.3 Å². The van der Waals surface area contributed by atoms with E-state index in [-0.39, 0.29) is 23.0 Å². The zero-order chi connectivity index (χ0) is 13.1. The summed E-state index contributed by atoms with van der Waals surface area (Å²) in [6.45, 7) is 4.09. The van der Waals surface area contributed by atoms with Gasteiger partial charge in [-0.05, 0) is 38.1 Å². The Kier molecular flexibility index (Phi) is 3.91. The lowest BCUT2D eigenvalue weighted by atomic mass is 10.2. The molecule has 2 rings (SSSR count). The van der Waals surface area contributed by atoms with E-state index >= 15 is 0 Å². The van der Waals surface area contributed by atoms with Crippen LogP contribution >= 0.6 is 11.8 Å². The molecule has 0 aliphatic carbocycles. The number of carbonyl (C=O) groups is 1. The monoisotopic (exact) mass is 265 g/mol. The maximum atomic E-state index is 11.7. The third kappa shape index (κ3) is 2.67. The van der Waals surface area contributed by atoms with Crippen molar-refractivity contribution in [3.8, 4) is 5.75 Å². The first-order valence-corrected chi connectivity index (χ1v) is 6.70. The van der Waals surface area contributed by atoms with E-state index in [1.165, 1.54) is 11.8 Å². The van der Waals surface area contributed by atoms with E-state index in [2.05, 4.69) is 4.99 Å². The van der Waals surface area contributed by atoms with Gasteiger partial charge < -0.3 is 9.84 Å². The van der Waals surface area contributed by atoms with Gasteiger partial charge in [-0.3, -0.25) is 9.79 Å². The van der Waals surface area contributed by atoms with Crippen molar-refractivity contribution in [3.05, 3.63) is 29.8 Å². The number of aliphatic imine (C=N–C) groups is 1. The van der Waals surface area contributed by atoms with Crippen molar-refractivity contribution in [2.45, 2.75) is 25.1 Å². The number of thioether (sulfide) groups is 1. The summed E-state index contributed by atoms with van der Waals surface area (Å²) >= 11 is 1.42. The second kappa shape index (κ2) is 5.44. The highest BCUT2D eigenvalue weighted by molar-refractivity contribution is 8.15. The number of carbonyl (C=O) groups excluding carboxylic acids is 1. The number of benzene rings is 1. The van der Waals surface area contributed by atoms with E-state index in [0.717, 1.165) is 10.6 Å². The molecule has 18 heavy (non-hydrogen) atoms. The fraction of sp³-hybridized carbons (Fsp3) is 0.385. The summed E-state index contributed by atoms with van der Waals surface area (Å²) in [4.78, 5) is 16.2. The molecule has 0 amide bonds. The van der Waals surface area contributed by atoms with E-state index in [9.17, 15) is 9.90 Å². The molecule has 1 aliphatic heterocycles. The molecule has 4 nitrogen and oxygen atoms in total. The third-order valence-corrected chi connectivity index (χ3v) is 4.04. The Hall–Kier alpha value is -1.49. The fourth-order valence-corrected chi connectivity index (χ4v) is 2.88. The molecule has 0 radical (unpaired) electrons. The van der Waals surface area contributed by atoms with E-state index in [4.69, 9.17) is 4.74 Å². The number of hydrogen-bond acceptors (Lipinski definition) is 5. The second-order valence-corrected chi connectivity index (χ2v) is 5.14. The van der Waals surface area contributed by atoms with Gasteiger partial charge >= 0.3 is 5.97 Å². The van der Waals surface area contributed by atoms with Crippen LogP contribution in [-0.2, 0) is 9.53 Å². The van der Waals surface area contributed by atoms with Crippen molar-refractivity contribution in [1.82, 2.24) is 0 Å². The van der Waals surface area contributed by atoms with Gasteiger partial charge in [0, 0.05) is 5.56 Å². The number of nitrogens with zero attached hydrogens (tertiary/aromatic N) is 1. The molecule has 5 heteroatoms. The van der Waals surface area contributed by atoms with Gasteiger partial charge in [0.05, 0.1) is 17.7 Å². The van der Waals surface area contributed by atoms with Crippen molar-refractivity contribution in [3.63, 3.8) is 0 Å². The maximum Gasteiger partial charge on any atom is 0.321 e.